The maximum absolute atomic E-state index is 5.61. The van der Waals surface area contributed by atoms with Crippen LogP contribution in [0.1, 0.15) is 31.0 Å². The zero-order valence-electron chi connectivity index (χ0n) is 10.2. The van der Waals surface area contributed by atoms with Crippen molar-refractivity contribution in [3.05, 3.63) is 17.5 Å². The molecule has 1 aromatic rings. The minimum absolute atomic E-state index is 0.367. The summed E-state index contributed by atoms with van der Waals surface area (Å²) in [6.07, 6.45) is 4.86. The summed E-state index contributed by atoms with van der Waals surface area (Å²) < 4.78 is 7.64. The van der Waals surface area contributed by atoms with Crippen molar-refractivity contribution in [3.8, 4) is 0 Å². The van der Waals surface area contributed by atoms with Crippen LogP contribution in [0.4, 0.5) is 0 Å². The highest BCUT2D eigenvalue weighted by molar-refractivity contribution is 5.15. The molecule has 0 bridgehead atoms. The minimum Gasteiger partial charge on any atom is -0.376 e. The lowest BCUT2D eigenvalue weighted by molar-refractivity contribution is 0.0939. The summed E-state index contributed by atoms with van der Waals surface area (Å²) in [4.78, 5) is 0. The molecule has 1 aromatic heterocycles. The van der Waals surface area contributed by atoms with Gasteiger partial charge in [0.15, 0.2) is 0 Å². The van der Waals surface area contributed by atoms with Gasteiger partial charge in [0.2, 0.25) is 0 Å². The SMILES string of the molecule is CCNCc1cn(CC2CCCO2)nc1C. The molecule has 1 unspecified atom stereocenters. The first-order valence-electron chi connectivity index (χ1n) is 6.15. The summed E-state index contributed by atoms with van der Waals surface area (Å²) in [7, 11) is 0. The van der Waals surface area contributed by atoms with Gasteiger partial charge in [0.1, 0.15) is 0 Å². The molecule has 2 heterocycles. The largest absolute Gasteiger partial charge is 0.376 e. The number of nitrogens with zero attached hydrogens (tertiary/aromatic N) is 2. The number of hydrogen-bond donors (Lipinski definition) is 1. The zero-order valence-corrected chi connectivity index (χ0v) is 10.2. The van der Waals surface area contributed by atoms with Gasteiger partial charge in [0.05, 0.1) is 18.3 Å². The van der Waals surface area contributed by atoms with Crippen LogP contribution in [-0.4, -0.2) is 29.0 Å². The van der Waals surface area contributed by atoms with E-state index in [1.165, 1.54) is 18.4 Å². The van der Waals surface area contributed by atoms with Gasteiger partial charge in [-0.05, 0) is 26.3 Å². The Bertz CT molecular complexity index is 329. The number of rotatable bonds is 5. The van der Waals surface area contributed by atoms with Gasteiger partial charge in [0.25, 0.3) is 0 Å². The third-order valence-corrected chi connectivity index (χ3v) is 3.03. The monoisotopic (exact) mass is 223 g/mol. The van der Waals surface area contributed by atoms with Gasteiger partial charge in [0, 0.05) is 24.9 Å². The molecule has 4 heteroatoms. The normalized spacial score (nSPS) is 20.5. The van der Waals surface area contributed by atoms with Crippen LogP contribution < -0.4 is 5.32 Å². The Morgan fingerprint density at radius 3 is 3.19 bits per heavy atom. The standard InChI is InChI=1S/C12H21N3O/c1-3-13-7-11-8-15(14-10(11)2)9-12-5-4-6-16-12/h8,12-13H,3-7,9H2,1-2H3. The molecule has 1 saturated heterocycles. The van der Waals surface area contributed by atoms with E-state index in [-0.39, 0.29) is 0 Å². The second-order valence-corrected chi connectivity index (χ2v) is 4.38. The fraction of sp³-hybridized carbons (Fsp3) is 0.750. The molecule has 0 amide bonds. The van der Waals surface area contributed by atoms with E-state index in [4.69, 9.17) is 4.74 Å². The molecule has 4 nitrogen and oxygen atoms in total. The van der Waals surface area contributed by atoms with Crippen LogP contribution in [0, 0.1) is 6.92 Å². The summed E-state index contributed by atoms with van der Waals surface area (Å²) in [5, 5.41) is 7.85. The molecule has 0 radical (unpaired) electrons. The summed E-state index contributed by atoms with van der Waals surface area (Å²) in [5.74, 6) is 0. The highest BCUT2D eigenvalue weighted by Crippen LogP contribution is 2.14. The fourth-order valence-electron chi connectivity index (χ4n) is 2.08. The highest BCUT2D eigenvalue weighted by Gasteiger charge is 2.16. The Morgan fingerprint density at radius 1 is 1.62 bits per heavy atom. The molecular weight excluding hydrogens is 202 g/mol. The molecule has 1 aliphatic rings. The number of aromatic nitrogens is 2. The summed E-state index contributed by atoms with van der Waals surface area (Å²) in [6, 6.07) is 0. The van der Waals surface area contributed by atoms with Crippen molar-refractivity contribution >= 4 is 0 Å². The second kappa shape index (κ2) is 5.46. The van der Waals surface area contributed by atoms with Gasteiger partial charge in [-0.25, -0.2) is 0 Å². The maximum atomic E-state index is 5.61. The predicted octanol–water partition coefficient (Wildman–Crippen LogP) is 1.48. The van der Waals surface area contributed by atoms with Gasteiger partial charge < -0.3 is 10.1 Å². The predicted molar refractivity (Wildman–Crippen MR) is 63.3 cm³/mol. The van der Waals surface area contributed by atoms with E-state index >= 15 is 0 Å². The third-order valence-electron chi connectivity index (χ3n) is 3.03. The van der Waals surface area contributed by atoms with Gasteiger partial charge >= 0.3 is 0 Å². The van der Waals surface area contributed by atoms with E-state index in [1.54, 1.807) is 0 Å². The number of ether oxygens (including phenoxy) is 1. The van der Waals surface area contributed by atoms with Crippen molar-refractivity contribution in [2.75, 3.05) is 13.2 Å². The quantitative estimate of drug-likeness (QED) is 0.822. The van der Waals surface area contributed by atoms with E-state index in [0.717, 1.165) is 31.9 Å². The molecule has 0 aromatic carbocycles. The molecule has 1 aliphatic heterocycles. The Kier molecular flexibility index (Phi) is 3.96. The van der Waals surface area contributed by atoms with Crippen molar-refractivity contribution in [2.45, 2.75) is 45.9 Å². The Labute approximate surface area is 97.0 Å². The Morgan fingerprint density at radius 2 is 2.50 bits per heavy atom. The number of hydrogen-bond acceptors (Lipinski definition) is 3. The van der Waals surface area contributed by atoms with Crippen LogP contribution in [-0.2, 0) is 17.8 Å². The van der Waals surface area contributed by atoms with Crippen molar-refractivity contribution in [1.82, 2.24) is 15.1 Å². The lowest BCUT2D eigenvalue weighted by Gasteiger charge is -2.08. The zero-order chi connectivity index (χ0) is 11.4. The first-order valence-corrected chi connectivity index (χ1v) is 6.15. The van der Waals surface area contributed by atoms with Crippen LogP contribution in [0.25, 0.3) is 0 Å². The number of nitrogens with one attached hydrogen (secondary N) is 1. The summed E-state index contributed by atoms with van der Waals surface area (Å²) in [5.41, 5.74) is 2.42. The van der Waals surface area contributed by atoms with Crippen LogP contribution in [0.2, 0.25) is 0 Å². The average molecular weight is 223 g/mol. The average Bonchev–Trinajstić information content (AvgIpc) is 2.86. The van der Waals surface area contributed by atoms with Crippen molar-refractivity contribution in [1.29, 1.82) is 0 Å². The summed E-state index contributed by atoms with van der Waals surface area (Å²) >= 11 is 0. The molecule has 1 N–H and O–H groups in total. The molecule has 16 heavy (non-hydrogen) atoms. The molecule has 1 atom stereocenters. The number of aryl methyl sites for hydroxylation is 1. The lowest BCUT2D eigenvalue weighted by atomic mass is 10.2. The Hall–Kier alpha value is -0.870. The van der Waals surface area contributed by atoms with Crippen LogP contribution >= 0.6 is 0 Å². The maximum Gasteiger partial charge on any atom is 0.0771 e. The van der Waals surface area contributed by atoms with Gasteiger partial charge in [-0.15, -0.1) is 0 Å². The molecule has 0 spiro atoms. The van der Waals surface area contributed by atoms with E-state index in [1.807, 2.05) is 4.68 Å². The molecule has 90 valence electrons. The first-order chi connectivity index (χ1) is 7.79. The van der Waals surface area contributed by atoms with Gasteiger partial charge in [-0.2, -0.15) is 5.10 Å². The molecule has 0 aliphatic carbocycles. The minimum atomic E-state index is 0.367. The van der Waals surface area contributed by atoms with Crippen LogP contribution in [0.15, 0.2) is 6.20 Å². The smallest absolute Gasteiger partial charge is 0.0771 e. The third kappa shape index (κ3) is 2.83. The van der Waals surface area contributed by atoms with Crippen LogP contribution in [0.5, 0.6) is 0 Å². The van der Waals surface area contributed by atoms with Crippen LogP contribution in [0.3, 0.4) is 0 Å². The van der Waals surface area contributed by atoms with Gasteiger partial charge in [-0.1, -0.05) is 6.92 Å². The van der Waals surface area contributed by atoms with Crippen molar-refractivity contribution in [3.63, 3.8) is 0 Å². The van der Waals surface area contributed by atoms with Gasteiger partial charge in [-0.3, -0.25) is 4.68 Å². The van der Waals surface area contributed by atoms with E-state index in [0.29, 0.717) is 6.10 Å². The fourth-order valence-corrected chi connectivity index (χ4v) is 2.08. The molecule has 2 rings (SSSR count). The molecule has 0 saturated carbocycles. The lowest BCUT2D eigenvalue weighted by Crippen LogP contribution is -2.15. The highest BCUT2D eigenvalue weighted by atomic mass is 16.5. The van der Waals surface area contributed by atoms with Crippen molar-refractivity contribution < 1.29 is 4.74 Å². The first kappa shape index (κ1) is 11.6. The topological polar surface area (TPSA) is 39.1 Å². The summed E-state index contributed by atoms with van der Waals surface area (Å²) in [6.45, 7) is 7.90. The van der Waals surface area contributed by atoms with E-state index in [9.17, 15) is 0 Å². The van der Waals surface area contributed by atoms with E-state index < -0.39 is 0 Å². The van der Waals surface area contributed by atoms with E-state index in [2.05, 4.69) is 30.5 Å². The van der Waals surface area contributed by atoms with Crippen molar-refractivity contribution in [2.24, 2.45) is 0 Å². The Balaban J connectivity index is 1.93. The molecular formula is C12H21N3O. The second-order valence-electron chi connectivity index (χ2n) is 4.38. The molecule has 1 fully saturated rings.